The first-order chi connectivity index (χ1) is 16.2. The predicted molar refractivity (Wildman–Crippen MR) is 128 cm³/mol. The van der Waals surface area contributed by atoms with Crippen LogP contribution in [0.15, 0.2) is 48.5 Å². The van der Waals surface area contributed by atoms with Gasteiger partial charge >= 0.3 is 12.2 Å². The van der Waals surface area contributed by atoms with E-state index in [-0.39, 0.29) is 31.7 Å². The van der Waals surface area contributed by atoms with Crippen LogP contribution in [0.1, 0.15) is 50.7 Å². The summed E-state index contributed by atoms with van der Waals surface area (Å²) in [6.45, 7) is 6.57. The zero-order valence-electron chi connectivity index (χ0n) is 20.0. The molecule has 34 heavy (non-hydrogen) atoms. The highest BCUT2D eigenvalue weighted by molar-refractivity contribution is 5.79. The van der Waals surface area contributed by atoms with Gasteiger partial charge in [0.1, 0.15) is 17.8 Å². The summed E-state index contributed by atoms with van der Waals surface area (Å²) in [5.41, 5.74) is 2.95. The van der Waals surface area contributed by atoms with E-state index in [1.165, 1.54) is 16.0 Å². The number of rotatable bonds is 3. The first-order valence-electron chi connectivity index (χ1n) is 12.0. The number of fused-ring (bicyclic) bond motifs is 3. The van der Waals surface area contributed by atoms with Crippen LogP contribution in [0, 0.1) is 0 Å². The van der Waals surface area contributed by atoms with Gasteiger partial charge in [-0.15, -0.1) is 0 Å². The summed E-state index contributed by atoms with van der Waals surface area (Å²) < 4.78 is 11.2. The molecule has 0 aromatic heterocycles. The lowest BCUT2D eigenvalue weighted by Gasteiger charge is -2.50. The summed E-state index contributed by atoms with van der Waals surface area (Å²) in [6.07, 6.45) is 0.641. The predicted octanol–water partition coefficient (Wildman–Crippen LogP) is 4.38. The van der Waals surface area contributed by atoms with E-state index < -0.39 is 23.4 Å². The van der Waals surface area contributed by atoms with Crippen LogP contribution in [0.5, 0.6) is 0 Å². The molecule has 1 atom stereocenters. The first-order valence-corrected chi connectivity index (χ1v) is 12.0. The fourth-order valence-corrected chi connectivity index (χ4v) is 5.50. The topological polar surface area (TPSA) is 79.3 Å². The van der Waals surface area contributed by atoms with Crippen LogP contribution in [-0.2, 0) is 9.47 Å². The number of amides is 2. The summed E-state index contributed by atoms with van der Waals surface area (Å²) in [7, 11) is 0. The number of ether oxygens (including phenoxy) is 2. The van der Waals surface area contributed by atoms with Crippen LogP contribution in [0.3, 0.4) is 0 Å². The van der Waals surface area contributed by atoms with Gasteiger partial charge in [0.2, 0.25) is 0 Å². The fourth-order valence-electron chi connectivity index (χ4n) is 5.50. The smallest absolute Gasteiger partial charge is 0.410 e. The van der Waals surface area contributed by atoms with Crippen LogP contribution in [0.4, 0.5) is 9.59 Å². The van der Waals surface area contributed by atoms with E-state index in [2.05, 4.69) is 24.3 Å². The van der Waals surface area contributed by atoms with Crippen LogP contribution < -0.4 is 0 Å². The van der Waals surface area contributed by atoms with Crippen molar-refractivity contribution in [3.63, 3.8) is 0 Å². The van der Waals surface area contributed by atoms with Crippen LogP contribution >= 0.6 is 0 Å². The Morgan fingerprint density at radius 1 is 1.00 bits per heavy atom. The molecule has 2 aromatic carbocycles. The molecule has 7 heteroatoms. The Morgan fingerprint density at radius 2 is 1.59 bits per heavy atom. The van der Waals surface area contributed by atoms with Crippen molar-refractivity contribution in [1.29, 1.82) is 0 Å². The van der Waals surface area contributed by atoms with Gasteiger partial charge in [0.05, 0.1) is 19.1 Å². The molecular formula is C27H32N2O5. The average molecular weight is 465 g/mol. The van der Waals surface area contributed by atoms with Gasteiger partial charge in [-0.2, -0.15) is 0 Å². The van der Waals surface area contributed by atoms with Crippen LogP contribution in [-0.4, -0.2) is 70.6 Å². The zero-order chi connectivity index (χ0) is 24.1. The maximum atomic E-state index is 12.8. The summed E-state index contributed by atoms with van der Waals surface area (Å²) in [6, 6.07) is 16.1. The highest BCUT2D eigenvalue weighted by Crippen LogP contribution is 2.44. The summed E-state index contributed by atoms with van der Waals surface area (Å²) in [5.74, 6) is -0.00555. The van der Waals surface area contributed by atoms with Crippen LogP contribution in [0.2, 0.25) is 0 Å². The number of likely N-dealkylation sites (tertiary alicyclic amines) is 2. The summed E-state index contributed by atoms with van der Waals surface area (Å²) >= 11 is 0. The number of β-amino-alcohol motifs (C(OH)–C–C–N with tert-alkyl or cyclic N) is 1. The van der Waals surface area contributed by atoms with Crippen molar-refractivity contribution in [3.8, 4) is 11.1 Å². The zero-order valence-corrected chi connectivity index (χ0v) is 20.0. The molecule has 2 aromatic rings. The second-order valence-electron chi connectivity index (χ2n) is 10.6. The van der Waals surface area contributed by atoms with Gasteiger partial charge in [0.25, 0.3) is 0 Å². The molecule has 2 saturated heterocycles. The van der Waals surface area contributed by atoms with Gasteiger partial charge in [-0.1, -0.05) is 48.5 Å². The Kier molecular flexibility index (Phi) is 5.55. The quantitative estimate of drug-likeness (QED) is 0.729. The second kappa shape index (κ2) is 8.31. The largest absolute Gasteiger partial charge is 0.448 e. The normalized spacial score (nSPS) is 21.0. The standard InChI is InChI=1S/C27H32N2O5/c1-26(2,3)34-25(31)29-14-8-13-23(29)27(32)16-28(17-27)24(30)33-15-22-20-11-6-4-9-18(20)19-10-5-7-12-21(19)22/h4-7,9-12,22-23,32H,8,13-17H2,1-3H3. The molecule has 2 amide bonds. The Morgan fingerprint density at radius 3 is 2.18 bits per heavy atom. The number of nitrogens with zero attached hydrogens (tertiary/aromatic N) is 2. The first kappa shape index (κ1) is 22.7. The molecule has 7 nitrogen and oxygen atoms in total. The molecule has 0 saturated carbocycles. The highest BCUT2D eigenvalue weighted by Gasteiger charge is 2.54. The average Bonchev–Trinajstić information content (AvgIpc) is 3.38. The van der Waals surface area contributed by atoms with Gasteiger partial charge in [0.15, 0.2) is 0 Å². The van der Waals surface area contributed by atoms with Crippen molar-refractivity contribution in [2.75, 3.05) is 26.2 Å². The molecule has 1 unspecified atom stereocenters. The monoisotopic (exact) mass is 464 g/mol. The third kappa shape index (κ3) is 4.02. The lowest BCUT2D eigenvalue weighted by atomic mass is 9.85. The van der Waals surface area contributed by atoms with E-state index in [4.69, 9.17) is 9.47 Å². The van der Waals surface area contributed by atoms with Gasteiger partial charge in [-0.25, -0.2) is 9.59 Å². The molecule has 0 spiro atoms. The molecule has 2 fully saturated rings. The SMILES string of the molecule is CC(C)(C)OC(=O)N1CCCC1C1(O)CN(C(=O)OCC2c3ccccc3-c3ccccc32)C1. The fraction of sp³-hybridized carbons (Fsp3) is 0.481. The van der Waals surface area contributed by atoms with Crippen molar-refractivity contribution >= 4 is 12.2 Å². The Hall–Kier alpha value is -3.06. The van der Waals surface area contributed by atoms with Crippen molar-refractivity contribution in [2.45, 2.75) is 56.8 Å². The maximum absolute atomic E-state index is 12.8. The van der Waals surface area contributed by atoms with Gasteiger partial charge < -0.3 is 24.4 Å². The molecular weight excluding hydrogens is 432 g/mol. The van der Waals surface area contributed by atoms with Crippen molar-refractivity contribution < 1.29 is 24.2 Å². The molecule has 0 radical (unpaired) electrons. The molecule has 1 N–H and O–H groups in total. The van der Waals surface area contributed by atoms with Gasteiger partial charge in [0, 0.05) is 12.5 Å². The number of aliphatic hydroxyl groups is 1. The molecule has 2 heterocycles. The van der Waals surface area contributed by atoms with E-state index in [1.807, 2.05) is 45.0 Å². The number of benzene rings is 2. The molecule has 3 aliphatic rings. The number of carbonyl (C=O) groups is 2. The third-order valence-corrected chi connectivity index (χ3v) is 7.02. The number of carbonyl (C=O) groups excluding carboxylic acids is 2. The van der Waals surface area contributed by atoms with Crippen molar-refractivity contribution in [2.24, 2.45) is 0 Å². The molecule has 180 valence electrons. The van der Waals surface area contributed by atoms with E-state index in [0.717, 1.165) is 17.5 Å². The number of hydrogen-bond donors (Lipinski definition) is 1. The summed E-state index contributed by atoms with van der Waals surface area (Å²) in [5, 5.41) is 11.2. The molecule has 0 bridgehead atoms. The lowest BCUT2D eigenvalue weighted by molar-refractivity contribution is -0.128. The van der Waals surface area contributed by atoms with E-state index in [0.29, 0.717) is 13.0 Å². The minimum Gasteiger partial charge on any atom is -0.448 e. The van der Waals surface area contributed by atoms with E-state index in [9.17, 15) is 14.7 Å². The Bertz CT molecular complexity index is 1060. The Labute approximate surface area is 200 Å². The lowest BCUT2D eigenvalue weighted by Crippen LogP contribution is -2.71. The number of hydrogen-bond acceptors (Lipinski definition) is 5. The van der Waals surface area contributed by atoms with Crippen molar-refractivity contribution in [3.05, 3.63) is 59.7 Å². The van der Waals surface area contributed by atoms with Crippen LogP contribution in [0.25, 0.3) is 11.1 Å². The van der Waals surface area contributed by atoms with Gasteiger partial charge in [-0.3, -0.25) is 0 Å². The van der Waals surface area contributed by atoms with E-state index in [1.54, 1.807) is 4.90 Å². The molecule has 5 rings (SSSR count). The van der Waals surface area contributed by atoms with E-state index >= 15 is 0 Å². The minimum atomic E-state index is -1.14. The Balaban J connectivity index is 1.20. The third-order valence-electron chi connectivity index (χ3n) is 7.02. The molecule has 1 aliphatic carbocycles. The van der Waals surface area contributed by atoms with Gasteiger partial charge in [-0.05, 0) is 55.9 Å². The molecule has 2 aliphatic heterocycles. The van der Waals surface area contributed by atoms with Crippen molar-refractivity contribution in [1.82, 2.24) is 9.80 Å². The second-order valence-corrected chi connectivity index (χ2v) is 10.6. The maximum Gasteiger partial charge on any atom is 0.410 e. The highest BCUT2D eigenvalue weighted by atomic mass is 16.6. The minimum absolute atomic E-state index is 0.00555. The summed E-state index contributed by atoms with van der Waals surface area (Å²) in [4.78, 5) is 28.5.